The van der Waals surface area contributed by atoms with Crippen LogP contribution in [-0.2, 0) is 4.74 Å². The summed E-state index contributed by atoms with van der Waals surface area (Å²) in [5.74, 6) is -0.444. The van der Waals surface area contributed by atoms with E-state index in [1.807, 2.05) is 0 Å². The molecule has 0 aliphatic heterocycles. The third kappa shape index (κ3) is 1.72. The lowest BCUT2D eigenvalue weighted by Gasteiger charge is -2.06. The van der Waals surface area contributed by atoms with Gasteiger partial charge in [-0.1, -0.05) is 0 Å². The van der Waals surface area contributed by atoms with E-state index < -0.39 is 5.97 Å². The highest BCUT2D eigenvalue weighted by Gasteiger charge is 2.10. The first kappa shape index (κ1) is 9.38. The number of nitrogen functional groups attached to an aromatic ring is 2. The molecule has 0 radical (unpaired) electrons. The van der Waals surface area contributed by atoms with Gasteiger partial charge in [-0.2, -0.15) is 0 Å². The molecule has 0 aromatic heterocycles. The highest BCUT2D eigenvalue weighted by atomic mass is 16.5. The smallest absolute Gasteiger partial charge is 0.339 e. The predicted octanol–water partition coefficient (Wildman–Crippen LogP) is 0.946. The van der Waals surface area contributed by atoms with Crippen molar-refractivity contribution in [3.05, 3.63) is 23.3 Å². The van der Waals surface area contributed by atoms with Crippen molar-refractivity contribution in [3.8, 4) is 0 Å². The summed E-state index contributed by atoms with van der Waals surface area (Å²) in [6.07, 6.45) is 0. The fourth-order valence-corrected chi connectivity index (χ4v) is 1.03. The fourth-order valence-electron chi connectivity index (χ4n) is 1.03. The van der Waals surface area contributed by atoms with E-state index in [1.165, 1.54) is 7.11 Å². The molecule has 0 aliphatic carbocycles. The number of ether oxygens (including phenoxy) is 1. The van der Waals surface area contributed by atoms with Crippen molar-refractivity contribution in [2.75, 3.05) is 18.6 Å². The third-order valence-electron chi connectivity index (χ3n) is 1.84. The van der Waals surface area contributed by atoms with Crippen LogP contribution in [0, 0.1) is 6.92 Å². The van der Waals surface area contributed by atoms with Gasteiger partial charge in [0.1, 0.15) is 0 Å². The second kappa shape index (κ2) is 3.35. The topological polar surface area (TPSA) is 78.3 Å². The van der Waals surface area contributed by atoms with Gasteiger partial charge in [0.25, 0.3) is 0 Å². The van der Waals surface area contributed by atoms with E-state index in [4.69, 9.17) is 11.5 Å². The lowest BCUT2D eigenvalue weighted by atomic mass is 10.1. The molecule has 1 rings (SSSR count). The van der Waals surface area contributed by atoms with Crippen LogP contribution in [0.1, 0.15) is 15.9 Å². The van der Waals surface area contributed by atoms with E-state index in [-0.39, 0.29) is 0 Å². The molecule has 0 fully saturated rings. The molecular weight excluding hydrogens is 168 g/mol. The van der Waals surface area contributed by atoms with Gasteiger partial charge in [0, 0.05) is 11.4 Å². The number of esters is 1. The molecule has 0 aliphatic rings. The Morgan fingerprint density at radius 2 is 1.92 bits per heavy atom. The van der Waals surface area contributed by atoms with Gasteiger partial charge in [-0.15, -0.1) is 0 Å². The van der Waals surface area contributed by atoms with Crippen LogP contribution in [0.2, 0.25) is 0 Å². The minimum Gasteiger partial charge on any atom is -0.465 e. The van der Waals surface area contributed by atoms with Gasteiger partial charge >= 0.3 is 5.97 Å². The average molecular weight is 180 g/mol. The van der Waals surface area contributed by atoms with E-state index in [1.54, 1.807) is 19.1 Å². The van der Waals surface area contributed by atoms with Gasteiger partial charge in [0.15, 0.2) is 0 Å². The van der Waals surface area contributed by atoms with E-state index in [2.05, 4.69) is 4.74 Å². The average Bonchev–Trinajstić information content (AvgIpc) is 2.10. The minimum absolute atomic E-state index is 0.343. The Kier molecular flexibility index (Phi) is 2.41. The summed E-state index contributed by atoms with van der Waals surface area (Å²) in [6, 6.07) is 3.18. The van der Waals surface area contributed by atoms with E-state index in [0.717, 1.165) is 5.56 Å². The maximum atomic E-state index is 11.2. The molecule has 13 heavy (non-hydrogen) atoms. The van der Waals surface area contributed by atoms with Gasteiger partial charge in [-0.25, -0.2) is 4.79 Å². The van der Waals surface area contributed by atoms with E-state index in [9.17, 15) is 4.79 Å². The zero-order valence-corrected chi connectivity index (χ0v) is 7.63. The molecule has 0 bridgehead atoms. The van der Waals surface area contributed by atoms with E-state index in [0.29, 0.717) is 16.9 Å². The molecule has 0 saturated carbocycles. The molecule has 0 spiro atoms. The van der Waals surface area contributed by atoms with Crippen LogP contribution in [-0.4, -0.2) is 13.1 Å². The molecule has 4 heteroatoms. The van der Waals surface area contributed by atoms with Gasteiger partial charge in [-0.05, 0) is 24.6 Å². The van der Waals surface area contributed by atoms with Gasteiger partial charge in [-0.3, -0.25) is 0 Å². The van der Waals surface area contributed by atoms with Crippen LogP contribution in [0.5, 0.6) is 0 Å². The highest BCUT2D eigenvalue weighted by molar-refractivity contribution is 5.96. The van der Waals surface area contributed by atoms with Crippen molar-refractivity contribution in [3.63, 3.8) is 0 Å². The number of nitrogens with two attached hydrogens (primary N) is 2. The van der Waals surface area contributed by atoms with Crippen LogP contribution in [0.3, 0.4) is 0 Å². The Labute approximate surface area is 76.5 Å². The number of hydrogen-bond acceptors (Lipinski definition) is 4. The third-order valence-corrected chi connectivity index (χ3v) is 1.84. The number of rotatable bonds is 1. The SMILES string of the molecule is COC(=O)c1cc(C)c(N)cc1N. The first-order chi connectivity index (χ1) is 6.06. The monoisotopic (exact) mass is 180 g/mol. The lowest BCUT2D eigenvalue weighted by Crippen LogP contribution is -2.07. The number of benzene rings is 1. The van der Waals surface area contributed by atoms with Gasteiger partial charge < -0.3 is 16.2 Å². The molecule has 1 aromatic rings. The maximum Gasteiger partial charge on any atom is 0.339 e. The van der Waals surface area contributed by atoms with Crippen LogP contribution >= 0.6 is 0 Å². The molecule has 4 nitrogen and oxygen atoms in total. The molecule has 0 heterocycles. The van der Waals surface area contributed by atoms with Crippen molar-refractivity contribution >= 4 is 17.3 Å². The molecule has 70 valence electrons. The van der Waals surface area contributed by atoms with Gasteiger partial charge in [0.2, 0.25) is 0 Å². The standard InChI is InChI=1S/C9H12N2O2/c1-5-3-6(9(12)13-2)8(11)4-7(5)10/h3-4H,10-11H2,1-2H3. The Balaban J connectivity index is 3.23. The lowest BCUT2D eigenvalue weighted by molar-refractivity contribution is 0.0602. The normalized spacial score (nSPS) is 9.69. The first-order valence-electron chi connectivity index (χ1n) is 3.80. The van der Waals surface area contributed by atoms with Crippen molar-refractivity contribution in [1.29, 1.82) is 0 Å². The van der Waals surface area contributed by atoms with Crippen LogP contribution in [0.15, 0.2) is 12.1 Å². The van der Waals surface area contributed by atoms with E-state index >= 15 is 0 Å². The highest BCUT2D eigenvalue weighted by Crippen LogP contribution is 2.20. The predicted molar refractivity (Wildman–Crippen MR) is 51.3 cm³/mol. The van der Waals surface area contributed by atoms with Crippen molar-refractivity contribution in [2.45, 2.75) is 6.92 Å². The second-order valence-corrected chi connectivity index (χ2v) is 2.79. The molecule has 0 amide bonds. The molecular formula is C9H12N2O2. The van der Waals surface area contributed by atoms with Crippen LogP contribution in [0.25, 0.3) is 0 Å². The number of aryl methyl sites for hydroxylation is 1. The summed E-state index contributed by atoms with van der Waals surface area (Å²) >= 11 is 0. The summed E-state index contributed by atoms with van der Waals surface area (Å²) in [6.45, 7) is 1.81. The van der Waals surface area contributed by atoms with Gasteiger partial charge in [0.05, 0.1) is 12.7 Å². The summed E-state index contributed by atoms with van der Waals surface area (Å²) in [5.41, 5.74) is 13.3. The summed E-state index contributed by atoms with van der Waals surface area (Å²) in [5, 5.41) is 0. The Morgan fingerprint density at radius 1 is 1.31 bits per heavy atom. The number of carbonyl (C=O) groups excluding carboxylic acids is 1. The number of carbonyl (C=O) groups is 1. The molecule has 0 atom stereocenters. The van der Waals surface area contributed by atoms with Crippen molar-refractivity contribution in [1.82, 2.24) is 0 Å². The minimum atomic E-state index is -0.444. The number of methoxy groups -OCH3 is 1. The quantitative estimate of drug-likeness (QED) is 0.498. The largest absolute Gasteiger partial charge is 0.465 e. The zero-order valence-electron chi connectivity index (χ0n) is 7.63. The summed E-state index contributed by atoms with van der Waals surface area (Å²) in [7, 11) is 1.31. The molecule has 4 N–H and O–H groups in total. The molecule has 0 unspecified atom stereocenters. The Morgan fingerprint density at radius 3 is 2.46 bits per heavy atom. The van der Waals surface area contributed by atoms with Crippen molar-refractivity contribution < 1.29 is 9.53 Å². The summed E-state index contributed by atoms with van der Waals surface area (Å²) < 4.78 is 4.55. The number of anilines is 2. The van der Waals surface area contributed by atoms with Crippen LogP contribution in [0.4, 0.5) is 11.4 Å². The number of hydrogen-bond donors (Lipinski definition) is 2. The Hall–Kier alpha value is -1.71. The maximum absolute atomic E-state index is 11.2. The molecule has 1 aromatic carbocycles. The first-order valence-corrected chi connectivity index (χ1v) is 3.80. The second-order valence-electron chi connectivity index (χ2n) is 2.79. The van der Waals surface area contributed by atoms with Crippen molar-refractivity contribution in [2.24, 2.45) is 0 Å². The van der Waals surface area contributed by atoms with Crippen LogP contribution < -0.4 is 11.5 Å². The molecule has 0 saturated heterocycles. The Bertz CT molecular complexity index is 348. The zero-order chi connectivity index (χ0) is 10.0. The fraction of sp³-hybridized carbons (Fsp3) is 0.222. The summed E-state index contributed by atoms with van der Waals surface area (Å²) in [4.78, 5) is 11.2.